The molecule has 4 unspecified atom stereocenters. The lowest BCUT2D eigenvalue weighted by Gasteiger charge is -2.29. The van der Waals surface area contributed by atoms with Crippen molar-refractivity contribution >= 4 is 0 Å². The summed E-state index contributed by atoms with van der Waals surface area (Å²) in [5.41, 5.74) is 0. The van der Waals surface area contributed by atoms with Gasteiger partial charge in [0.2, 0.25) is 0 Å². The van der Waals surface area contributed by atoms with E-state index in [2.05, 4.69) is 17.1 Å². The molecule has 4 atom stereocenters. The molecule has 0 aromatic rings. The number of piperidine rings is 1. The van der Waals surface area contributed by atoms with Crippen LogP contribution in [0.5, 0.6) is 0 Å². The third kappa shape index (κ3) is 2.53. The van der Waals surface area contributed by atoms with Gasteiger partial charge >= 0.3 is 0 Å². The highest BCUT2D eigenvalue weighted by atomic mass is 15.2. The molecule has 0 amide bonds. The SMILES string of the molecule is CCNC1CCCC1CCN1CC2CCC1C2. The standard InChI is InChI=1S/C15H28N2/c1-2-16-15-5-3-4-13(15)8-9-17-11-12-6-7-14(17)10-12/h12-16H,2-11H2,1H3. The van der Waals surface area contributed by atoms with Crippen LogP contribution in [0.4, 0.5) is 0 Å². The maximum Gasteiger partial charge on any atom is 0.00985 e. The van der Waals surface area contributed by atoms with E-state index in [1.54, 1.807) is 0 Å². The van der Waals surface area contributed by atoms with E-state index in [-0.39, 0.29) is 0 Å². The first kappa shape index (κ1) is 12.0. The van der Waals surface area contributed by atoms with Gasteiger partial charge in [0.25, 0.3) is 0 Å². The maximum absolute atomic E-state index is 3.69. The summed E-state index contributed by atoms with van der Waals surface area (Å²) in [7, 11) is 0. The minimum absolute atomic E-state index is 0.833. The molecule has 2 saturated carbocycles. The molecule has 3 fully saturated rings. The predicted molar refractivity (Wildman–Crippen MR) is 72.1 cm³/mol. The van der Waals surface area contributed by atoms with Crippen molar-refractivity contribution in [1.82, 2.24) is 10.2 Å². The zero-order chi connectivity index (χ0) is 11.7. The lowest BCUT2D eigenvalue weighted by molar-refractivity contribution is 0.193. The quantitative estimate of drug-likeness (QED) is 0.789. The summed E-state index contributed by atoms with van der Waals surface area (Å²) in [5, 5.41) is 3.69. The topological polar surface area (TPSA) is 15.3 Å². The first-order valence-corrected chi connectivity index (χ1v) is 7.84. The van der Waals surface area contributed by atoms with Crippen molar-refractivity contribution in [3.05, 3.63) is 0 Å². The first-order chi connectivity index (χ1) is 8.36. The summed E-state index contributed by atoms with van der Waals surface area (Å²) in [6.45, 7) is 6.20. The Labute approximate surface area is 106 Å². The largest absolute Gasteiger partial charge is 0.314 e. The normalized spacial score (nSPS) is 41.5. The average Bonchev–Trinajstić information content (AvgIpc) is 3.02. The minimum Gasteiger partial charge on any atom is -0.314 e. The van der Waals surface area contributed by atoms with Gasteiger partial charge in [-0.3, -0.25) is 0 Å². The van der Waals surface area contributed by atoms with Crippen molar-refractivity contribution in [3.8, 4) is 0 Å². The molecule has 1 N–H and O–H groups in total. The molecule has 0 aromatic heterocycles. The van der Waals surface area contributed by atoms with Crippen molar-refractivity contribution in [3.63, 3.8) is 0 Å². The van der Waals surface area contributed by atoms with Crippen molar-refractivity contribution in [2.75, 3.05) is 19.6 Å². The van der Waals surface area contributed by atoms with Crippen molar-refractivity contribution < 1.29 is 0 Å². The fourth-order valence-electron chi connectivity index (χ4n) is 4.55. The van der Waals surface area contributed by atoms with Gasteiger partial charge in [-0.15, -0.1) is 0 Å². The lowest BCUT2D eigenvalue weighted by Crippen LogP contribution is -2.37. The number of hydrogen-bond donors (Lipinski definition) is 1. The highest BCUT2D eigenvalue weighted by molar-refractivity contribution is 4.93. The predicted octanol–water partition coefficient (Wildman–Crippen LogP) is 2.64. The molecule has 2 heteroatoms. The van der Waals surface area contributed by atoms with Crippen LogP contribution in [0, 0.1) is 11.8 Å². The van der Waals surface area contributed by atoms with E-state index >= 15 is 0 Å². The second-order valence-electron chi connectivity index (χ2n) is 6.47. The van der Waals surface area contributed by atoms with E-state index in [4.69, 9.17) is 0 Å². The van der Waals surface area contributed by atoms with Gasteiger partial charge in [0, 0.05) is 18.6 Å². The van der Waals surface area contributed by atoms with Crippen LogP contribution in [0.15, 0.2) is 0 Å². The lowest BCUT2D eigenvalue weighted by atomic mass is 9.98. The molecule has 0 aromatic carbocycles. The smallest absolute Gasteiger partial charge is 0.00985 e. The van der Waals surface area contributed by atoms with Crippen molar-refractivity contribution in [2.24, 2.45) is 11.8 Å². The molecule has 98 valence electrons. The molecule has 17 heavy (non-hydrogen) atoms. The summed E-state index contributed by atoms with van der Waals surface area (Å²) >= 11 is 0. The molecule has 0 spiro atoms. The number of hydrogen-bond acceptors (Lipinski definition) is 2. The third-order valence-corrected chi connectivity index (χ3v) is 5.44. The van der Waals surface area contributed by atoms with Crippen LogP contribution in [0.1, 0.15) is 51.9 Å². The Morgan fingerprint density at radius 3 is 2.82 bits per heavy atom. The van der Waals surface area contributed by atoms with Crippen molar-refractivity contribution in [2.45, 2.75) is 64.0 Å². The van der Waals surface area contributed by atoms with Crippen LogP contribution >= 0.6 is 0 Å². The molecular formula is C15H28N2. The maximum atomic E-state index is 3.69. The fraction of sp³-hybridized carbons (Fsp3) is 1.00. The van der Waals surface area contributed by atoms with E-state index in [0.717, 1.165) is 30.5 Å². The van der Waals surface area contributed by atoms with Crippen LogP contribution in [-0.4, -0.2) is 36.6 Å². The van der Waals surface area contributed by atoms with Crippen LogP contribution in [0.2, 0.25) is 0 Å². The van der Waals surface area contributed by atoms with E-state index < -0.39 is 0 Å². The van der Waals surface area contributed by atoms with Gasteiger partial charge in [0.1, 0.15) is 0 Å². The van der Waals surface area contributed by atoms with E-state index in [1.807, 2.05) is 0 Å². The monoisotopic (exact) mass is 236 g/mol. The van der Waals surface area contributed by atoms with Crippen molar-refractivity contribution in [1.29, 1.82) is 0 Å². The van der Waals surface area contributed by atoms with E-state index in [9.17, 15) is 0 Å². The van der Waals surface area contributed by atoms with E-state index in [1.165, 1.54) is 58.0 Å². The van der Waals surface area contributed by atoms with Gasteiger partial charge in [-0.2, -0.15) is 0 Å². The van der Waals surface area contributed by atoms with Gasteiger partial charge in [-0.25, -0.2) is 0 Å². The van der Waals surface area contributed by atoms with Gasteiger partial charge in [-0.1, -0.05) is 13.3 Å². The Balaban J connectivity index is 1.44. The van der Waals surface area contributed by atoms with Gasteiger partial charge < -0.3 is 10.2 Å². The Bertz CT molecular complexity index is 253. The number of fused-ring (bicyclic) bond motifs is 2. The molecule has 0 radical (unpaired) electrons. The third-order valence-electron chi connectivity index (χ3n) is 5.44. The van der Waals surface area contributed by atoms with Crippen LogP contribution < -0.4 is 5.32 Å². The highest BCUT2D eigenvalue weighted by Gasteiger charge is 2.38. The Morgan fingerprint density at radius 2 is 2.12 bits per heavy atom. The summed E-state index contributed by atoms with van der Waals surface area (Å²) in [6, 6.07) is 1.80. The van der Waals surface area contributed by atoms with Gasteiger partial charge in [-0.05, 0) is 63.5 Å². The summed E-state index contributed by atoms with van der Waals surface area (Å²) in [4.78, 5) is 2.80. The summed E-state index contributed by atoms with van der Waals surface area (Å²) in [5.74, 6) is 2.03. The average molecular weight is 236 g/mol. The molecule has 3 rings (SSSR count). The second-order valence-corrected chi connectivity index (χ2v) is 6.47. The fourth-order valence-corrected chi connectivity index (χ4v) is 4.55. The molecule has 1 heterocycles. The van der Waals surface area contributed by atoms with Crippen LogP contribution in [-0.2, 0) is 0 Å². The minimum atomic E-state index is 0.833. The number of nitrogens with zero attached hydrogens (tertiary/aromatic N) is 1. The molecule has 1 saturated heterocycles. The molecule has 1 aliphatic heterocycles. The Hall–Kier alpha value is -0.0800. The van der Waals surface area contributed by atoms with E-state index in [0.29, 0.717) is 0 Å². The Morgan fingerprint density at radius 1 is 1.18 bits per heavy atom. The highest BCUT2D eigenvalue weighted by Crippen LogP contribution is 2.38. The van der Waals surface area contributed by atoms with Crippen LogP contribution in [0.3, 0.4) is 0 Å². The number of nitrogens with one attached hydrogen (secondary N) is 1. The van der Waals surface area contributed by atoms with Gasteiger partial charge in [0.05, 0.1) is 0 Å². The van der Waals surface area contributed by atoms with Gasteiger partial charge in [0.15, 0.2) is 0 Å². The number of likely N-dealkylation sites (tertiary alicyclic amines) is 1. The molecule has 2 nitrogen and oxygen atoms in total. The Kier molecular flexibility index (Phi) is 3.72. The molecule has 2 bridgehead atoms. The molecule has 2 aliphatic carbocycles. The first-order valence-electron chi connectivity index (χ1n) is 7.84. The van der Waals surface area contributed by atoms with Crippen LogP contribution in [0.25, 0.3) is 0 Å². The summed E-state index contributed by atoms with van der Waals surface area (Å²) in [6.07, 6.45) is 10.3. The zero-order valence-corrected chi connectivity index (χ0v) is 11.3. The summed E-state index contributed by atoms with van der Waals surface area (Å²) < 4.78 is 0. The molecule has 3 aliphatic rings. The molecular weight excluding hydrogens is 208 g/mol. The number of rotatable bonds is 5. The second kappa shape index (κ2) is 5.27. The zero-order valence-electron chi connectivity index (χ0n) is 11.3.